The predicted molar refractivity (Wildman–Crippen MR) is 60.3 cm³/mol. The van der Waals surface area contributed by atoms with Crippen LogP contribution in [0.25, 0.3) is 0 Å². The van der Waals surface area contributed by atoms with Crippen molar-refractivity contribution >= 4 is 34.4 Å². The molecular formula is C9H9BrClNO3. The van der Waals surface area contributed by atoms with Crippen LogP contribution in [0.5, 0.6) is 5.75 Å². The largest absolute Gasteiger partial charge is 0.507 e. The molecule has 0 aliphatic carbocycles. The van der Waals surface area contributed by atoms with Gasteiger partial charge in [-0.05, 0) is 33.6 Å². The van der Waals surface area contributed by atoms with Crippen LogP contribution in [0.15, 0.2) is 22.7 Å². The minimum absolute atomic E-state index is 0. The Labute approximate surface area is 101 Å². The summed E-state index contributed by atoms with van der Waals surface area (Å²) in [4.78, 5) is 10.8. The molecule has 0 bridgehead atoms. The van der Waals surface area contributed by atoms with Gasteiger partial charge >= 0.3 is 6.09 Å². The summed E-state index contributed by atoms with van der Waals surface area (Å²) in [5.41, 5.74) is 0.903. The smallest absolute Gasteiger partial charge is 0.407 e. The number of hydrogen-bond donors (Lipinski definition) is 2. The lowest BCUT2D eigenvalue weighted by molar-refractivity contribution is 0.177. The lowest BCUT2D eigenvalue weighted by Crippen LogP contribution is -2.18. The second-order valence-corrected chi connectivity index (χ2v) is 3.86. The molecule has 6 heteroatoms. The molecule has 1 atom stereocenters. The fourth-order valence-corrected chi connectivity index (χ4v) is 1.70. The number of amides is 1. The summed E-state index contributed by atoms with van der Waals surface area (Å²) < 4.78 is 5.37. The lowest BCUT2D eigenvalue weighted by atomic mass is 10.1. The lowest BCUT2D eigenvalue weighted by Gasteiger charge is -2.08. The fraction of sp³-hybridized carbons (Fsp3) is 0.222. The summed E-state index contributed by atoms with van der Waals surface area (Å²) in [6.07, 6.45) is -0.404. The van der Waals surface area contributed by atoms with E-state index in [0.29, 0.717) is 11.1 Å². The maximum Gasteiger partial charge on any atom is 0.407 e. The number of cyclic esters (lactones) is 1. The van der Waals surface area contributed by atoms with Gasteiger partial charge < -0.3 is 15.2 Å². The molecule has 0 aromatic heterocycles. The first-order valence-corrected chi connectivity index (χ1v) is 4.88. The van der Waals surface area contributed by atoms with Gasteiger partial charge in [0, 0.05) is 0 Å². The normalized spacial score (nSPS) is 19.0. The highest BCUT2D eigenvalue weighted by atomic mass is 79.9. The Kier molecular flexibility index (Phi) is 3.82. The third kappa shape index (κ3) is 2.54. The zero-order valence-electron chi connectivity index (χ0n) is 7.57. The third-order valence-electron chi connectivity index (χ3n) is 2.05. The Hall–Kier alpha value is -0.940. The number of rotatable bonds is 1. The average molecular weight is 295 g/mol. The number of nitrogens with one attached hydrogen (secondary N) is 1. The Morgan fingerprint density at radius 2 is 2.27 bits per heavy atom. The van der Waals surface area contributed by atoms with Crippen molar-refractivity contribution in [1.29, 1.82) is 0 Å². The molecule has 1 aromatic carbocycles. The third-order valence-corrected chi connectivity index (χ3v) is 2.68. The average Bonchev–Trinajstić information content (AvgIpc) is 2.57. The molecule has 2 N–H and O–H groups in total. The monoisotopic (exact) mass is 293 g/mol. The first kappa shape index (κ1) is 12.1. The number of benzene rings is 1. The summed E-state index contributed by atoms with van der Waals surface area (Å²) in [5, 5.41) is 11.9. The standard InChI is InChI=1S/C9H8BrNO3.ClH/c10-6-3-5(1-2-8(6)12)7-4-14-9(13)11-7;/h1-3,7,12H,4H2,(H,11,13);1H/t7-;/m1./s1. The van der Waals surface area contributed by atoms with E-state index in [9.17, 15) is 9.90 Å². The molecule has 0 saturated carbocycles. The van der Waals surface area contributed by atoms with Gasteiger partial charge in [0.15, 0.2) is 0 Å². The quantitative estimate of drug-likeness (QED) is 0.836. The maximum absolute atomic E-state index is 10.8. The van der Waals surface area contributed by atoms with E-state index in [1.54, 1.807) is 18.2 Å². The molecule has 1 amide bonds. The van der Waals surface area contributed by atoms with Crippen LogP contribution < -0.4 is 5.32 Å². The van der Waals surface area contributed by atoms with Gasteiger partial charge in [-0.15, -0.1) is 12.4 Å². The highest BCUT2D eigenvalue weighted by molar-refractivity contribution is 9.10. The van der Waals surface area contributed by atoms with Crippen LogP contribution in [-0.4, -0.2) is 17.8 Å². The van der Waals surface area contributed by atoms with E-state index in [1.165, 1.54) is 0 Å². The topological polar surface area (TPSA) is 58.6 Å². The molecule has 0 spiro atoms. The number of carbonyl (C=O) groups is 1. The number of phenolic OH excluding ortho intramolecular Hbond substituents is 1. The van der Waals surface area contributed by atoms with Crippen molar-refractivity contribution in [3.8, 4) is 5.75 Å². The molecule has 1 aliphatic heterocycles. The molecule has 1 aromatic rings. The zero-order chi connectivity index (χ0) is 10.1. The first-order chi connectivity index (χ1) is 6.66. The van der Waals surface area contributed by atoms with Crippen LogP contribution in [0.4, 0.5) is 4.79 Å². The number of carbonyl (C=O) groups excluding carboxylic acids is 1. The van der Waals surface area contributed by atoms with Gasteiger partial charge in [0.2, 0.25) is 0 Å². The van der Waals surface area contributed by atoms with E-state index in [1.807, 2.05) is 0 Å². The van der Waals surface area contributed by atoms with E-state index < -0.39 is 6.09 Å². The molecule has 1 aliphatic rings. The minimum Gasteiger partial charge on any atom is -0.507 e. The molecule has 15 heavy (non-hydrogen) atoms. The van der Waals surface area contributed by atoms with E-state index in [2.05, 4.69) is 21.2 Å². The Morgan fingerprint density at radius 3 is 2.80 bits per heavy atom. The van der Waals surface area contributed by atoms with Gasteiger partial charge in [-0.3, -0.25) is 0 Å². The highest BCUT2D eigenvalue weighted by Gasteiger charge is 2.23. The van der Waals surface area contributed by atoms with E-state index in [-0.39, 0.29) is 24.2 Å². The Bertz CT molecular complexity index is 386. The highest BCUT2D eigenvalue weighted by Crippen LogP contribution is 2.28. The van der Waals surface area contributed by atoms with Gasteiger partial charge in [0.1, 0.15) is 12.4 Å². The van der Waals surface area contributed by atoms with Gasteiger partial charge in [0.25, 0.3) is 0 Å². The summed E-state index contributed by atoms with van der Waals surface area (Å²) >= 11 is 3.20. The van der Waals surface area contributed by atoms with Crippen molar-refractivity contribution in [2.45, 2.75) is 6.04 Å². The van der Waals surface area contributed by atoms with Crippen LogP contribution in [0, 0.1) is 0 Å². The molecule has 1 fully saturated rings. The number of hydrogen-bond acceptors (Lipinski definition) is 3. The van der Waals surface area contributed by atoms with Crippen LogP contribution in [0.3, 0.4) is 0 Å². The van der Waals surface area contributed by atoms with Crippen LogP contribution >= 0.6 is 28.3 Å². The second-order valence-electron chi connectivity index (χ2n) is 3.01. The zero-order valence-corrected chi connectivity index (χ0v) is 9.97. The number of alkyl carbamates (subject to hydrolysis) is 1. The summed E-state index contributed by atoms with van der Waals surface area (Å²) in [5.74, 6) is 0.180. The predicted octanol–water partition coefficient (Wildman–Crippen LogP) is 2.36. The van der Waals surface area contributed by atoms with Crippen LogP contribution in [0.1, 0.15) is 11.6 Å². The maximum atomic E-state index is 10.8. The van der Waals surface area contributed by atoms with Gasteiger partial charge in [-0.1, -0.05) is 6.07 Å². The Balaban J connectivity index is 0.00000112. The van der Waals surface area contributed by atoms with Crippen molar-refractivity contribution in [2.75, 3.05) is 6.61 Å². The van der Waals surface area contributed by atoms with E-state index in [0.717, 1.165) is 5.56 Å². The van der Waals surface area contributed by atoms with Crippen molar-refractivity contribution in [2.24, 2.45) is 0 Å². The van der Waals surface area contributed by atoms with E-state index >= 15 is 0 Å². The molecule has 1 heterocycles. The van der Waals surface area contributed by atoms with Crippen molar-refractivity contribution in [1.82, 2.24) is 5.32 Å². The number of halogens is 2. The minimum atomic E-state index is -0.404. The molecule has 4 nitrogen and oxygen atoms in total. The molecule has 0 unspecified atom stereocenters. The summed E-state index contributed by atoms with van der Waals surface area (Å²) in [7, 11) is 0. The molecular weight excluding hydrogens is 285 g/mol. The number of ether oxygens (including phenoxy) is 1. The first-order valence-electron chi connectivity index (χ1n) is 4.08. The molecule has 82 valence electrons. The molecule has 2 rings (SSSR count). The number of aromatic hydroxyl groups is 1. The van der Waals surface area contributed by atoms with E-state index in [4.69, 9.17) is 4.74 Å². The second kappa shape index (κ2) is 4.72. The SMILES string of the molecule is Cl.O=C1N[C@@H](c2ccc(O)c(Br)c2)CO1. The summed E-state index contributed by atoms with van der Waals surface area (Å²) in [6, 6.07) is 4.96. The fourth-order valence-electron chi connectivity index (χ4n) is 1.30. The van der Waals surface area contributed by atoms with Gasteiger partial charge in [-0.25, -0.2) is 4.79 Å². The van der Waals surface area contributed by atoms with Crippen molar-refractivity contribution < 1.29 is 14.6 Å². The van der Waals surface area contributed by atoms with Gasteiger partial charge in [-0.2, -0.15) is 0 Å². The van der Waals surface area contributed by atoms with Crippen molar-refractivity contribution in [3.63, 3.8) is 0 Å². The molecule has 0 radical (unpaired) electrons. The van der Waals surface area contributed by atoms with Crippen LogP contribution in [-0.2, 0) is 4.74 Å². The summed E-state index contributed by atoms with van der Waals surface area (Å²) in [6.45, 7) is 0.329. The van der Waals surface area contributed by atoms with Crippen molar-refractivity contribution in [3.05, 3.63) is 28.2 Å². The molecule has 1 saturated heterocycles. The van der Waals surface area contributed by atoms with Gasteiger partial charge in [0.05, 0.1) is 10.5 Å². The Morgan fingerprint density at radius 1 is 1.53 bits per heavy atom. The van der Waals surface area contributed by atoms with Crippen LogP contribution in [0.2, 0.25) is 0 Å². The number of phenols is 1.